The fourth-order valence-electron chi connectivity index (χ4n) is 2.50. The molecule has 2 atom stereocenters. The second-order valence-corrected chi connectivity index (χ2v) is 6.23. The van der Waals surface area contributed by atoms with Crippen molar-refractivity contribution in [1.29, 1.82) is 0 Å². The molecule has 1 aromatic heterocycles. The van der Waals surface area contributed by atoms with E-state index in [-0.39, 0.29) is 17.2 Å². The number of rotatable bonds is 3. The maximum absolute atomic E-state index is 12.1. The molecule has 0 radical (unpaired) electrons. The van der Waals surface area contributed by atoms with Crippen molar-refractivity contribution in [3.63, 3.8) is 0 Å². The van der Waals surface area contributed by atoms with Crippen molar-refractivity contribution in [3.8, 4) is 0 Å². The van der Waals surface area contributed by atoms with E-state index in [0.717, 1.165) is 30.2 Å². The molecule has 0 N–H and O–H groups in total. The maximum Gasteiger partial charge on any atom is 0.341 e. The van der Waals surface area contributed by atoms with Crippen LogP contribution < -0.4 is 0 Å². The summed E-state index contributed by atoms with van der Waals surface area (Å²) in [6, 6.07) is 1.65. The highest BCUT2D eigenvalue weighted by Gasteiger charge is 2.25. The number of pyridine rings is 1. The fourth-order valence-corrected chi connectivity index (χ4v) is 3.01. The summed E-state index contributed by atoms with van der Waals surface area (Å²) in [5, 5.41) is 0.191. The van der Waals surface area contributed by atoms with Crippen molar-refractivity contribution >= 4 is 33.5 Å². The number of aromatic nitrogens is 1. The molecule has 0 spiro atoms. The molecule has 0 bridgehead atoms. The number of esters is 1. The summed E-state index contributed by atoms with van der Waals surface area (Å²) in [4.78, 5) is 16.1. The van der Waals surface area contributed by atoms with Gasteiger partial charge in [0.25, 0.3) is 0 Å². The van der Waals surface area contributed by atoms with Crippen molar-refractivity contribution in [1.82, 2.24) is 4.98 Å². The lowest BCUT2D eigenvalue weighted by molar-refractivity contribution is 0.0139. The van der Waals surface area contributed by atoms with E-state index in [9.17, 15) is 4.79 Å². The zero-order valence-corrected chi connectivity index (χ0v) is 13.2. The van der Waals surface area contributed by atoms with Crippen LogP contribution in [0.15, 0.2) is 16.7 Å². The number of nitrogens with zero attached hydrogens (tertiary/aromatic N) is 1. The summed E-state index contributed by atoms with van der Waals surface area (Å²) in [5.41, 5.74) is 0.328. The van der Waals surface area contributed by atoms with E-state index in [1.54, 1.807) is 12.3 Å². The fraction of sp³-hybridized carbons (Fsp3) is 0.571. The van der Waals surface area contributed by atoms with E-state index in [2.05, 4.69) is 27.8 Å². The highest BCUT2D eigenvalue weighted by atomic mass is 79.9. The Morgan fingerprint density at radius 1 is 1.58 bits per heavy atom. The Morgan fingerprint density at radius 3 is 3.11 bits per heavy atom. The van der Waals surface area contributed by atoms with E-state index < -0.39 is 0 Å². The Balaban J connectivity index is 2.02. The van der Waals surface area contributed by atoms with Gasteiger partial charge in [0.15, 0.2) is 0 Å². The summed E-state index contributed by atoms with van der Waals surface area (Å²) >= 11 is 9.21. The van der Waals surface area contributed by atoms with Gasteiger partial charge in [-0.3, -0.25) is 0 Å². The van der Waals surface area contributed by atoms with Crippen LogP contribution in [0.2, 0.25) is 5.15 Å². The van der Waals surface area contributed by atoms with Gasteiger partial charge in [-0.05, 0) is 47.2 Å². The summed E-state index contributed by atoms with van der Waals surface area (Å²) in [6.07, 6.45) is 6.99. The average molecular weight is 347 g/mol. The van der Waals surface area contributed by atoms with Gasteiger partial charge in [0.2, 0.25) is 0 Å². The SMILES string of the molecule is CCC1CCCC(OC(=O)c2cc(Br)cnc2Cl)C1. The number of hydrogen-bond donors (Lipinski definition) is 0. The third kappa shape index (κ3) is 3.93. The number of halogens is 2. The lowest BCUT2D eigenvalue weighted by atomic mass is 9.85. The first-order chi connectivity index (χ1) is 9.10. The first-order valence-corrected chi connectivity index (χ1v) is 7.79. The second-order valence-electron chi connectivity index (χ2n) is 4.96. The van der Waals surface area contributed by atoms with Crippen LogP contribution in [0.4, 0.5) is 0 Å². The highest BCUT2D eigenvalue weighted by molar-refractivity contribution is 9.10. The molecule has 0 saturated heterocycles. The molecule has 1 heterocycles. The van der Waals surface area contributed by atoms with Gasteiger partial charge in [-0.1, -0.05) is 31.4 Å². The molecule has 3 nitrogen and oxygen atoms in total. The molecule has 1 fully saturated rings. The summed E-state index contributed by atoms with van der Waals surface area (Å²) in [6.45, 7) is 2.18. The zero-order valence-electron chi connectivity index (χ0n) is 10.9. The van der Waals surface area contributed by atoms with Crippen molar-refractivity contribution in [2.45, 2.75) is 45.1 Å². The van der Waals surface area contributed by atoms with Crippen LogP contribution in [-0.4, -0.2) is 17.1 Å². The number of carbonyl (C=O) groups is 1. The Morgan fingerprint density at radius 2 is 2.37 bits per heavy atom. The van der Waals surface area contributed by atoms with Crippen LogP contribution in [0, 0.1) is 5.92 Å². The van der Waals surface area contributed by atoms with Crippen LogP contribution in [0.1, 0.15) is 49.4 Å². The molecule has 1 saturated carbocycles. The van der Waals surface area contributed by atoms with E-state index in [0.29, 0.717) is 11.5 Å². The molecule has 5 heteroatoms. The Bertz CT molecular complexity index is 467. The lowest BCUT2D eigenvalue weighted by Gasteiger charge is -2.28. The van der Waals surface area contributed by atoms with Gasteiger partial charge in [-0.25, -0.2) is 9.78 Å². The minimum absolute atomic E-state index is 0.0150. The average Bonchev–Trinajstić information content (AvgIpc) is 2.41. The molecule has 2 unspecified atom stereocenters. The van der Waals surface area contributed by atoms with Gasteiger partial charge in [0.1, 0.15) is 11.3 Å². The van der Waals surface area contributed by atoms with Gasteiger partial charge >= 0.3 is 5.97 Å². The van der Waals surface area contributed by atoms with E-state index in [1.165, 1.54) is 6.42 Å². The Labute approximate surface area is 126 Å². The first kappa shape index (κ1) is 14.8. The maximum atomic E-state index is 12.1. The lowest BCUT2D eigenvalue weighted by Crippen LogP contribution is -2.25. The largest absolute Gasteiger partial charge is 0.459 e. The van der Waals surface area contributed by atoms with Crippen molar-refractivity contribution < 1.29 is 9.53 Å². The molecular formula is C14H17BrClNO2. The molecule has 1 aliphatic rings. The van der Waals surface area contributed by atoms with Crippen molar-refractivity contribution in [2.24, 2.45) is 5.92 Å². The van der Waals surface area contributed by atoms with Crippen molar-refractivity contribution in [2.75, 3.05) is 0 Å². The molecule has 2 rings (SSSR count). The Hall–Kier alpha value is -0.610. The third-order valence-corrected chi connectivity index (χ3v) is 4.35. The molecular weight excluding hydrogens is 330 g/mol. The molecule has 0 amide bonds. The normalized spacial score (nSPS) is 23.1. The molecule has 19 heavy (non-hydrogen) atoms. The molecule has 0 aliphatic heterocycles. The highest BCUT2D eigenvalue weighted by Crippen LogP contribution is 2.29. The van der Waals surface area contributed by atoms with E-state index in [1.807, 2.05) is 0 Å². The third-order valence-electron chi connectivity index (χ3n) is 3.61. The number of hydrogen-bond acceptors (Lipinski definition) is 3. The molecule has 1 aromatic rings. The van der Waals surface area contributed by atoms with E-state index in [4.69, 9.17) is 16.3 Å². The van der Waals surface area contributed by atoms with E-state index >= 15 is 0 Å². The van der Waals surface area contributed by atoms with Crippen molar-refractivity contribution in [3.05, 3.63) is 27.5 Å². The second kappa shape index (κ2) is 6.71. The molecule has 0 aromatic carbocycles. The van der Waals surface area contributed by atoms with Gasteiger partial charge in [0, 0.05) is 10.7 Å². The Kier molecular flexibility index (Phi) is 5.22. The van der Waals surface area contributed by atoms with Gasteiger partial charge in [-0.15, -0.1) is 0 Å². The standard InChI is InChI=1S/C14H17BrClNO2/c1-2-9-4-3-5-11(6-9)19-14(18)12-7-10(15)8-17-13(12)16/h7-9,11H,2-6H2,1H3. The summed E-state index contributed by atoms with van der Waals surface area (Å²) in [5.74, 6) is 0.295. The molecule has 104 valence electrons. The van der Waals surface area contributed by atoms with Crippen LogP contribution in [0.5, 0.6) is 0 Å². The summed E-state index contributed by atoms with van der Waals surface area (Å²) < 4.78 is 6.28. The zero-order chi connectivity index (χ0) is 13.8. The van der Waals surface area contributed by atoms with Crippen LogP contribution in [0.3, 0.4) is 0 Å². The van der Waals surface area contributed by atoms with Crippen LogP contribution in [0.25, 0.3) is 0 Å². The minimum atomic E-state index is -0.374. The first-order valence-electron chi connectivity index (χ1n) is 6.62. The topological polar surface area (TPSA) is 39.2 Å². The van der Waals surface area contributed by atoms with Gasteiger partial charge < -0.3 is 4.74 Å². The van der Waals surface area contributed by atoms with Gasteiger partial charge in [-0.2, -0.15) is 0 Å². The minimum Gasteiger partial charge on any atom is -0.459 e. The van der Waals surface area contributed by atoms with Crippen LogP contribution >= 0.6 is 27.5 Å². The predicted molar refractivity (Wildman–Crippen MR) is 78.4 cm³/mol. The van der Waals surface area contributed by atoms with Crippen LogP contribution in [-0.2, 0) is 4.74 Å². The quantitative estimate of drug-likeness (QED) is 0.592. The monoisotopic (exact) mass is 345 g/mol. The predicted octanol–water partition coefficient (Wildman–Crippen LogP) is 4.62. The van der Waals surface area contributed by atoms with Gasteiger partial charge in [0.05, 0.1) is 5.56 Å². The smallest absolute Gasteiger partial charge is 0.341 e. The number of carbonyl (C=O) groups excluding carboxylic acids is 1. The number of ether oxygens (including phenoxy) is 1. The summed E-state index contributed by atoms with van der Waals surface area (Å²) in [7, 11) is 0. The molecule has 1 aliphatic carbocycles.